The molecule has 0 N–H and O–H groups in total. The molecular formula is C17H14FNO2. The molecule has 106 valence electrons. The third kappa shape index (κ3) is 3.26. The van der Waals surface area contributed by atoms with E-state index in [1.165, 1.54) is 13.2 Å². The molecule has 2 aromatic carbocycles. The smallest absolute Gasteiger partial charge is 0.184 e. The van der Waals surface area contributed by atoms with Gasteiger partial charge in [-0.2, -0.15) is 5.26 Å². The summed E-state index contributed by atoms with van der Waals surface area (Å²) in [5, 5.41) is 9.31. The molecule has 0 aromatic heterocycles. The van der Waals surface area contributed by atoms with Crippen LogP contribution in [0.5, 0.6) is 5.75 Å². The molecule has 0 saturated carbocycles. The van der Waals surface area contributed by atoms with Gasteiger partial charge in [0.15, 0.2) is 5.78 Å². The molecule has 0 amide bonds. The molecule has 0 saturated heterocycles. The number of nitrogens with zero attached hydrogens (tertiary/aromatic N) is 1. The van der Waals surface area contributed by atoms with Crippen molar-refractivity contribution in [2.24, 2.45) is 0 Å². The first-order valence-electron chi connectivity index (χ1n) is 6.40. The Kier molecular flexibility index (Phi) is 4.34. The lowest BCUT2D eigenvalue weighted by atomic mass is 9.91. The molecule has 0 heterocycles. The Morgan fingerprint density at radius 3 is 2.67 bits per heavy atom. The van der Waals surface area contributed by atoms with E-state index in [-0.39, 0.29) is 5.56 Å². The van der Waals surface area contributed by atoms with E-state index in [1.54, 1.807) is 37.3 Å². The molecule has 0 fully saturated rings. The molecule has 0 bridgehead atoms. The number of methoxy groups -OCH3 is 1. The van der Waals surface area contributed by atoms with Crippen molar-refractivity contribution >= 4 is 5.78 Å². The Balaban J connectivity index is 2.41. The second-order valence-electron chi connectivity index (χ2n) is 4.72. The number of hydrogen-bond donors (Lipinski definition) is 0. The van der Waals surface area contributed by atoms with E-state index in [0.717, 1.165) is 6.07 Å². The first-order chi connectivity index (χ1) is 10.0. The highest BCUT2D eigenvalue weighted by Gasteiger charge is 2.22. The summed E-state index contributed by atoms with van der Waals surface area (Å²) in [5.74, 6) is -1.33. The van der Waals surface area contributed by atoms with E-state index in [4.69, 9.17) is 4.74 Å². The maximum Gasteiger partial charge on any atom is 0.184 e. The second kappa shape index (κ2) is 6.19. The van der Waals surface area contributed by atoms with Gasteiger partial charge in [0.2, 0.25) is 0 Å². The molecule has 0 aliphatic rings. The number of ether oxygens (including phenoxy) is 1. The van der Waals surface area contributed by atoms with Gasteiger partial charge in [0.25, 0.3) is 0 Å². The van der Waals surface area contributed by atoms with Gasteiger partial charge in [-0.1, -0.05) is 12.1 Å². The van der Waals surface area contributed by atoms with Gasteiger partial charge in [0.05, 0.1) is 13.2 Å². The van der Waals surface area contributed by atoms with Gasteiger partial charge in [-0.25, -0.2) is 4.39 Å². The Hall–Kier alpha value is -2.67. The molecule has 2 rings (SSSR count). The fourth-order valence-electron chi connectivity index (χ4n) is 2.15. The lowest BCUT2D eigenvalue weighted by Gasteiger charge is -2.10. The standard InChI is InChI=1S/C17H14FNO2/c1-11-6-13(8-14(18)7-11)17(20)16(10-19)12-4-3-5-15(9-12)21-2/h3-9,16H,1-2H3. The number of carbonyl (C=O) groups excluding carboxylic acids is 1. The summed E-state index contributed by atoms with van der Waals surface area (Å²) in [6, 6.07) is 12.8. The summed E-state index contributed by atoms with van der Waals surface area (Å²) >= 11 is 0. The molecule has 21 heavy (non-hydrogen) atoms. The van der Waals surface area contributed by atoms with Gasteiger partial charge in [-0.15, -0.1) is 0 Å². The highest BCUT2D eigenvalue weighted by atomic mass is 19.1. The Morgan fingerprint density at radius 2 is 2.05 bits per heavy atom. The molecule has 4 heteroatoms. The first-order valence-corrected chi connectivity index (χ1v) is 6.40. The summed E-state index contributed by atoms with van der Waals surface area (Å²) < 4.78 is 18.5. The van der Waals surface area contributed by atoms with Crippen LogP contribution in [-0.2, 0) is 0 Å². The van der Waals surface area contributed by atoms with Crippen molar-refractivity contribution in [2.75, 3.05) is 7.11 Å². The zero-order chi connectivity index (χ0) is 15.4. The number of carbonyl (C=O) groups is 1. The summed E-state index contributed by atoms with van der Waals surface area (Å²) in [6.07, 6.45) is 0. The quantitative estimate of drug-likeness (QED) is 0.805. The number of aryl methyl sites for hydroxylation is 1. The maximum absolute atomic E-state index is 13.4. The number of rotatable bonds is 4. The molecule has 1 atom stereocenters. The fraction of sp³-hybridized carbons (Fsp3) is 0.176. The molecule has 0 aliphatic heterocycles. The van der Waals surface area contributed by atoms with Crippen molar-refractivity contribution in [3.05, 3.63) is 65.0 Å². The Labute approximate surface area is 122 Å². The van der Waals surface area contributed by atoms with Crippen molar-refractivity contribution in [3.63, 3.8) is 0 Å². The van der Waals surface area contributed by atoms with Crippen LogP contribution in [0.3, 0.4) is 0 Å². The van der Waals surface area contributed by atoms with E-state index in [9.17, 15) is 14.4 Å². The molecule has 2 aromatic rings. The van der Waals surface area contributed by atoms with Crippen LogP contribution in [0.15, 0.2) is 42.5 Å². The van der Waals surface area contributed by atoms with Crippen LogP contribution >= 0.6 is 0 Å². The number of Topliss-reactive ketones (excluding diaryl/α,β-unsaturated/α-hetero) is 1. The predicted molar refractivity (Wildman–Crippen MR) is 76.8 cm³/mol. The van der Waals surface area contributed by atoms with Gasteiger partial charge in [-0.05, 0) is 48.4 Å². The summed E-state index contributed by atoms with van der Waals surface area (Å²) in [4.78, 5) is 12.5. The predicted octanol–water partition coefficient (Wildman–Crippen LogP) is 3.63. The maximum atomic E-state index is 13.4. The third-order valence-corrected chi connectivity index (χ3v) is 3.15. The van der Waals surface area contributed by atoms with Crippen molar-refractivity contribution in [3.8, 4) is 11.8 Å². The lowest BCUT2D eigenvalue weighted by molar-refractivity contribution is 0.0978. The highest BCUT2D eigenvalue weighted by Crippen LogP contribution is 2.24. The molecule has 1 unspecified atom stereocenters. The third-order valence-electron chi connectivity index (χ3n) is 3.15. The number of hydrogen-bond acceptors (Lipinski definition) is 3. The van der Waals surface area contributed by atoms with Crippen molar-refractivity contribution < 1.29 is 13.9 Å². The number of halogens is 1. The average molecular weight is 283 g/mol. The first kappa shape index (κ1) is 14.7. The monoisotopic (exact) mass is 283 g/mol. The topological polar surface area (TPSA) is 50.1 Å². The molecular weight excluding hydrogens is 269 g/mol. The van der Waals surface area contributed by atoms with E-state index in [2.05, 4.69) is 0 Å². The Morgan fingerprint density at radius 1 is 1.29 bits per heavy atom. The van der Waals surface area contributed by atoms with Gasteiger partial charge in [-0.3, -0.25) is 4.79 Å². The van der Waals surface area contributed by atoms with Crippen LogP contribution < -0.4 is 4.74 Å². The van der Waals surface area contributed by atoms with Crippen LogP contribution in [-0.4, -0.2) is 12.9 Å². The van der Waals surface area contributed by atoms with Gasteiger partial charge in [0, 0.05) is 5.56 Å². The van der Waals surface area contributed by atoms with Crippen LogP contribution in [0.25, 0.3) is 0 Å². The molecule has 0 spiro atoms. The van der Waals surface area contributed by atoms with Crippen LogP contribution in [0.1, 0.15) is 27.4 Å². The van der Waals surface area contributed by atoms with E-state index < -0.39 is 17.5 Å². The van der Waals surface area contributed by atoms with Crippen LogP contribution in [0, 0.1) is 24.1 Å². The molecule has 0 radical (unpaired) electrons. The largest absolute Gasteiger partial charge is 0.497 e. The van der Waals surface area contributed by atoms with E-state index in [0.29, 0.717) is 16.9 Å². The second-order valence-corrected chi connectivity index (χ2v) is 4.72. The van der Waals surface area contributed by atoms with Crippen LogP contribution in [0.4, 0.5) is 4.39 Å². The van der Waals surface area contributed by atoms with Crippen molar-refractivity contribution in [2.45, 2.75) is 12.8 Å². The summed E-state index contributed by atoms with van der Waals surface area (Å²) in [6.45, 7) is 1.70. The summed E-state index contributed by atoms with van der Waals surface area (Å²) in [5.41, 5.74) is 1.37. The van der Waals surface area contributed by atoms with Crippen LogP contribution in [0.2, 0.25) is 0 Å². The lowest BCUT2D eigenvalue weighted by Crippen LogP contribution is -2.12. The summed E-state index contributed by atoms with van der Waals surface area (Å²) in [7, 11) is 1.51. The van der Waals surface area contributed by atoms with Crippen molar-refractivity contribution in [1.29, 1.82) is 5.26 Å². The molecule has 3 nitrogen and oxygen atoms in total. The zero-order valence-corrected chi connectivity index (χ0v) is 11.8. The Bertz CT molecular complexity index is 699. The van der Waals surface area contributed by atoms with Gasteiger partial charge >= 0.3 is 0 Å². The normalized spacial score (nSPS) is 11.5. The van der Waals surface area contributed by atoms with E-state index >= 15 is 0 Å². The zero-order valence-electron chi connectivity index (χ0n) is 11.8. The number of ketones is 1. The minimum atomic E-state index is -0.985. The number of benzene rings is 2. The van der Waals surface area contributed by atoms with E-state index in [1.807, 2.05) is 6.07 Å². The van der Waals surface area contributed by atoms with Gasteiger partial charge in [0.1, 0.15) is 17.5 Å². The van der Waals surface area contributed by atoms with Gasteiger partial charge < -0.3 is 4.74 Å². The van der Waals surface area contributed by atoms with Crippen molar-refractivity contribution in [1.82, 2.24) is 0 Å². The number of nitriles is 1. The average Bonchev–Trinajstić information content (AvgIpc) is 2.47. The minimum absolute atomic E-state index is 0.196. The molecule has 0 aliphatic carbocycles. The minimum Gasteiger partial charge on any atom is -0.497 e. The highest BCUT2D eigenvalue weighted by molar-refractivity contribution is 6.02. The fourth-order valence-corrected chi connectivity index (χ4v) is 2.15. The SMILES string of the molecule is COc1cccc(C(C#N)C(=O)c2cc(C)cc(F)c2)c1.